The van der Waals surface area contributed by atoms with E-state index in [1.54, 1.807) is 0 Å². The van der Waals surface area contributed by atoms with Gasteiger partial charge in [-0.15, -0.1) is 11.3 Å². The zero-order chi connectivity index (χ0) is 13.1. The van der Waals surface area contributed by atoms with Gasteiger partial charge in [0.05, 0.1) is 11.9 Å². The van der Waals surface area contributed by atoms with Gasteiger partial charge < -0.3 is 15.3 Å². The number of hydrogen-bond acceptors (Lipinski definition) is 7. The molecule has 7 heteroatoms. The first kappa shape index (κ1) is 12.2. The molecule has 4 N–H and O–H groups in total. The van der Waals surface area contributed by atoms with Crippen molar-refractivity contribution in [2.24, 2.45) is 5.10 Å². The first-order chi connectivity index (χ1) is 8.56. The smallest absolute Gasteiger partial charge is 0.203 e. The average Bonchev–Trinajstić information content (AvgIpc) is 2.71. The fourth-order valence-corrected chi connectivity index (χ4v) is 1.88. The van der Waals surface area contributed by atoms with E-state index in [9.17, 15) is 10.2 Å². The summed E-state index contributed by atoms with van der Waals surface area (Å²) in [6.07, 6.45) is 1.32. The molecule has 0 fully saturated rings. The lowest BCUT2D eigenvalue weighted by molar-refractivity contribution is 0.396. The molecule has 0 aliphatic heterocycles. The van der Waals surface area contributed by atoms with Gasteiger partial charge in [-0.3, -0.25) is 5.43 Å². The average molecular weight is 265 g/mol. The van der Waals surface area contributed by atoms with Crippen LogP contribution < -0.4 is 5.43 Å². The summed E-state index contributed by atoms with van der Waals surface area (Å²) in [5.74, 6) is -0.876. The molecule has 0 unspecified atom stereocenters. The first-order valence-electron chi connectivity index (χ1n) is 5.02. The van der Waals surface area contributed by atoms with Crippen molar-refractivity contribution in [3.63, 3.8) is 0 Å². The van der Waals surface area contributed by atoms with Crippen LogP contribution in [-0.4, -0.2) is 26.5 Å². The third kappa shape index (κ3) is 2.69. The van der Waals surface area contributed by atoms with Crippen LogP contribution >= 0.6 is 11.3 Å². The Hall–Kier alpha value is -2.28. The molecule has 6 nitrogen and oxygen atoms in total. The molecule has 0 aliphatic carbocycles. The largest absolute Gasteiger partial charge is 0.507 e. The fraction of sp³-hybridized carbons (Fsp3) is 0.0909. The number of rotatable bonds is 3. The van der Waals surface area contributed by atoms with Crippen LogP contribution in [-0.2, 0) is 0 Å². The second-order valence-corrected chi connectivity index (χ2v) is 4.42. The lowest BCUT2D eigenvalue weighted by Crippen LogP contribution is -1.90. The Kier molecular flexibility index (Phi) is 3.33. The number of aryl methyl sites for hydroxylation is 1. The fourth-order valence-electron chi connectivity index (χ4n) is 1.25. The second-order valence-electron chi connectivity index (χ2n) is 3.56. The van der Waals surface area contributed by atoms with Gasteiger partial charge >= 0.3 is 0 Å². The monoisotopic (exact) mass is 265 g/mol. The Morgan fingerprint density at radius 1 is 1.22 bits per heavy atom. The minimum atomic E-state index is -0.381. The maximum Gasteiger partial charge on any atom is 0.203 e. The van der Waals surface area contributed by atoms with Crippen LogP contribution in [0.4, 0.5) is 5.13 Å². The molecular weight excluding hydrogens is 254 g/mol. The third-order valence-electron chi connectivity index (χ3n) is 2.11. The van der Waals surface area contributed by atoms with Crippen molar-refractivity contribution in [1.29, 1.82) is 0 Å². The highest BCUT2D eigenvalue weighted by atomic mass is 32.1. The molecule has 1 heterocycles. The summed E-state index contributed by atoms with van der Waals surface area (Å²) in [6.45, 7) is 1.87. The number of thiazole rings is 1. The van der Waals surface area contributed by atoms with Crippen molar-refractivity contribution < 1.29 is 15.3 Å². The number of benzene rings is 1. The van der Waals surface area contributed by atoms with E-state index in [1.165, 1.54) is 23.6 Å². The highest BCUT2D eigenvalue weighted by Gasteiger charge is 2.05. The molecule has 0 atom stereocenters. The zero-order valence-electron chi connectivity index (χ0n) is 9.45. The molecule has 0 bridgehead atoms. The van der Waals surface area contributed by atoms with Gasteiger partial charge in [-0.05, 0) is 13.0 Å². The van der Waals surface area contributed by atoms with E-state index >= 15 is 0 Å². The summed E-state index contributed by atoms with van der Waals surface area (Å²) in [5.41, 5.74) is 3.87. The van der Waals surface area contributed by atoms with E-state index in [4.69, 9.17) is 5.11 Å². The van der Waals surface area contributed by atoms with E-state index < -0.39 is 0 Å². The number of aromatic nitrogens is 1. The van der Waals surface area contributed by atoms with Gasteiger partial charge in [-0.1, -0.05) is 0 Å². The molecule has 2 rings (SSSR count). The van der Waals surface area contributed by atoms with Gasteiger partial charge in [-0.2, -0.15) is 5.10 Å². The maximum absolute atomic E-state index is 9.51. The minimum absolute atomic E-state index is 0.175. The number of hydrogen-bond donors (Lipinski definition) is 4. The quantitative estimate of drug-likeness (QED) is 0.294. The Bertz CT molecular complexity index is 595. The zero-order valence-corrected chi connectivity index (χ0v) is 10.3. The van der Waals surface area contributed by atoms with E-state index in [2.05, 4.69) is 15.5 Å². The third-order valence-corrected chi connectivity index (χ3v) is 2.97. The molecule has 0 saturated carbocycles. The maximum atomic E-state index is 9.51. The molecule has 1 aromatic carbocycles. The lowest BCUT2D eigenvalue weighted by atomic mass is 10.2. The highest BCUT2D eigenvalue weighted by Crippen LogP contribution is 2.31. The van der Waals surface area contributed by atoms with Crippen LogP contribution in [0.15, 0.2) is 22.6 Å². The summed E-state index contributed by atoms with van der Waals surface area (Å²) in [7, 11) is 0. The van der Waals surface area contributed by atoms with Crippen molar-refractivity contribution in [3.05, 3.63) is 28.8 Å². The molecule has 0 aliphatic rings. The van der Waals surface area contributed by atoms with Gasteiger partial charge in [-0.25, -0.2) is 4.98 Å². The lowest BCUT2D eigenvalue weighted by Gasteiger charge is -2.02. The van der Waals surface area contributed by atoms with Crippen LogP contribution in [0.3, 0.4) is 0 Å². The summed E-state index contributed by atoms with van der Waals surface area (Å²) in [5, 5.41) is 34.3. The molecule has 18 heavy (non-hydrogen) atoms. The van der Waals surface area contributed by atoms with Gasteiger partial charge in [0.1, 0.15) is 5.75 Å². The van der Waals surface area contributed by atoms with Gasteiger partial charge in [0, 0.05) is 17.0 Å². The molecule has 0 radical (unpaired) electrons. The summed E-state index contributed by atoms with van der Waals surface area (Å²) >= 11 is 1.41. The molecule has 0 spiro atoms. The van der Waals surface area contributed by atoms with Gasteiger partial charge in [0.15, 0.2) is 11.5 Å². The Morgan fingerprint density at radius 3 is 2.61 bits per heavy atom. The number of anilines is 1. The minimum Gasteiger partial charge on any atom is -0.507 e. The van der Waals surface area contributed by atoms with Crippen LogP contribution in [0.1, 0.15) is 11.3 Å². The topological polar surface area (TPSA) is 98.0 Å². The molecular formula is C11H11N3O3S. The summed E-state index contributed by atoms with van der Waals surface area (Å²) < 4.78 is 0. The second kappa shape index (κ2) is 4.92. The number of nitrogens with one attached hydrogen (secondary N) is 1. The van der Waals surface area contributed by atoms with Crippen molar-refractivity contribution in [1.82, 2.24) is 4.98 Å². The number of nitrogens with zero attached hydrogens (tertiary/aromatic N) is 2. The molecule has 2 aromatic rings. The van der Waals surface area contributed by atoms with Crippen molar-refractivity contribution in [2.75, 3.05) is 5.43 Å². The Labute approximate surface area is 107 Å². The Morgan fingerprint density at radius 2 is 1.94 bits per heavy atom. The van der Waals surface area contributed by atoms with Gasteiger partial charge in [0.2, 0.25) is 5.13 Å². The number of hydrazone groups is 1. The first-order valence-corrected chi connectivity index (χ1v) is 5.90. The Balaban J connectivity index is 2.11. The number of phenolic OH excluding ortho intramolecular Hbond substituents is 3. The predicted molar refractivity (Wildman–Crippen MR) is 69.5 cm³/mol. The van der Waals surface area contributed by atoms with E-state index in [0.717, 1.165) is 11.8 Å². The summed E-state index contributed by atoms with van der Waals surface area (Å²) in [6, 6.07) is 2.26. The number of phenols is 3. The molecule has 0 saturated heterocycles. The van der Waals surface area contributed by atoms with Crippen molar-refractivity contribution in [3.8, 4) is 17.2 Å². The van der Waals surface area contributed by atoms with Crippen molar-refractivity contribution >= 4 is 22.7 Å². The predicted octanol–water partition coefficient (Wildman–Crippen LogP) is 2.01. The SMILES string of the molecule is Cc1csc(NN=Cc2cc(O)c(O)cc2O)n1. The molecule has 94 valence electrons. The van der Waals surface area contributed by atoms with Crippen LogP contribution in [0.5, 0.6) is 17.2 Å². The van der Waals surface area contributed by atoms with E-state index in [-0.39, 0.29) is 22.8 Å². The highest BCUT2D eigenvalue weighted by molar-refractivity contribution is 7.13. The summed E-state index contributed by atoms with van der Waals surface area (Å²) in [4.78, 5) is 4.14. The van der Waals surface area contributed by atoms with Crippen LogP contribution in [0.2, 0.25) is 0 Å². The normalized spacial score (nSPS) is 10.9. The standard InChI is InChI=1S/C11H11N3O3S/c1-6-5-18-11(13-6)14-12-4-7-2-9(16)10(17)3-8(7)15/h2-5,15-17H,1H3,(H,13,14). The molecule has 1 aromatic heterocycles. The van der Waals surface area contributed by atoms with Crippen LogP contribution in [0.25, 0.3) is 0 Å². The van der Waals surface area contributed by atoms with E-state index in [1.807, 2.05) is 12.3 Å². The van der Waals surface area contributed by atoms with Gasteiger partial charge in [0.25, 0.3) is 0 Å². The van der Waals surface area contributed by atoms with Crippen molar-refractivity contribution in [2.45, 2.75) is 6.92 Å². The van der Waals surface area contributed by atoms with Crippen LogP contribution in [0, 0.1) is 6.92 Å². The molecule has 0 amide bonds. The van der Waals surface area contributed by atoms with E-state index in [0.29, 0.717) is 5.13 Å². The number of aromatic hydroxyl groups is 3.